The van der Waals surface area contributed by atoms with Crippen molar-refractivity contribution in [1.29, 1.82) is 0 Å². The Hall–Kier alpha value is 1.13. The molecule has 3 heteroatoms. The van der Waals surface area contributed by atoms with Gasteiger partial charge in [-0.1, -0.05) is 45.2 Å². The highest BCUT2D eigenvalue weighted by atomic mass is 127. The molecule has 0 amide bonds. The predicted molar refractivity (Wildman–Crippen MR) is 47.4 cm³/mol. The van der Waals surface area contributed by atoms with Crippen molar-refractivity contribution in [3.63, 3.8) is 0 Å². The minimum atomic E-state index is 0.221. The second-order valence-corrected chi connectivity index (χ2v) is 3.62. The maximum Gasteiger partial charge on any atom is 0.143 e. The topological polar surface area (TPSA) is 17.1 Å². The average molecular weight is 324 g/mol. The Balaban J connectivity index is 3.34. The van der Waals surface area contributed by atoms with Crippen LogP contribution >= 0.6 is 45.2 Å². The summed E-state index contributed by atoms with van der Waals surface area (Å²) in [6.07, 6.45) is 0. The van der Waals surface area contributed by atoms with E-state index in [1.165, 1.54) is 0 Å². The summed E-state index contributed by atoms with van der Waals surface area (Å²) >= 11 is 4.34. The van der Waals surface area contributed by atoms with Gasteiger partial charge in [0, 0.05) is 4.43 Å². The number of rotatable bonds is 2. The number of Topliss-reactive ketones (excluding diaryl/α,β-unsaturated/α-hetero) is 1. The molecular formula is C4H6I2O. The third kappa shape index (κ3) is 3.69. The molecule has 7 heavy (non-hydrogen) atoms. The Morgan fingerprint density at radius 3 is 2.29 bits per heavy atom. The smallest absolute Gasteiger partial charge is 0.143 e. The van der Waals surface area contributed by atoms with E-state index in [0.29, 0.717) is 0 Å². The molecule has 0 aromatic heterocycles. The molecule has 0 fully saturated rings. The van der Waals surface area contributed by atoms with E-state index in [1.54, 1.807) is 6.92 Å². The van der Waals surface area contributed by atoms with Gasteiger partial charge in [0.2, 0.25) is 0 Å². The highest BCUT2D eigenvalue weighted by Gasteiger charge is 2.04. The molecule has 0 rings (SSSR count). The largest absolute Gasteiger partial charge is 0.299 e. The summed E-state index contributed by atoms with van der Waals surface area (Å²) < 4.78 is 1.14. The Kier molecular flexibility index (Phi) is 4.71. The van der Waals surface area contributed by atoms with Gasteiger partial charge in [0.15, 0.2) is 0 Å². The minimum absolute atomic E-state index is 0.221. The monoisotopic (exact) mass is 324 g/mol. The fourth-order valence-electron chi connectivity index (χ4n) is 0.109. The summed E-state index contributed by atoms with van der Waals surface area (Å²) in [5, 5.41) is 0. The van der Waals surface area contributed by atoms with Crippen LogP contribution in [0.15, 0.2) is 0 Å². The average Bonchev–Trinajstić information content (AvgIpc) is 1.65. The molecule has 0 aromatic rings. The molecule has 0 radical (unpaired) electrons. The van der Waals surface area contributed by atoms with Crippen LogP contribution in [0.4, 0.5) is 0 Å². The molecule has 0 saturated carbocycles. The minimum Gasteiger partial charge on any atom is -0.299 e. The van der Waals surface area contributed by atoms with Gasteiger partial charge in [0.25, 0.3) is 0 Å². The zero-order valence-electron chi connectivity index (χ0n) is 3.95. The number of alkyl halides is 2. The Morgan fingerprint density at radius 2 is 2.29 bits per heavy atom. The molecule has 1 nitrogen and oxygen atoms in total. The van der Waals surface area contributed by atoms with Crippen molar-refractivity contribution in [1.82, 2.24) is 0 Å². The summed E-state index contributed by atoms with van der Waals surface area (Å²) in [6, 6.07) is 0. The van der Waals surface area contributed by atoms with Crippen LogP contribution in [-0.4, -0.2) is 14.1 Å². The maximum absolute atomic E-state index is 10.4. The van der Waals surface area contributed by atoms with Crippen molar-refractivity contribution >= 4 is 51.0 Å². The molecule has 0 spiro atoms. The summed E-state index contributed by atoms with van der Waals surface area (Å²) in [4.78, 5) is 10.4. The first-order valence-electron chi connectivity index (χ1n) is 1.89. The Bertz CT molecular complexity index is 72.1. The summed E-state index contributed by atoms with van der Waals surface area (Å²) in [5.74, 6) is 0.273. The fourth-order valence-corrected chi connectivity index (χ4v) is 0.729. The van der Waals surface area contributed by atoms with Crippen molar-refractivity contribution < 1.29 is 4.79 Å². The number of ketones is 1. The number of carbonyl (C=O) groups excluding carboxylic acids is 1. The quantitative estimate of drug-likeness (QED) is 0.559. The third-order valence-electron chi connectivity index (χ3n) is 0.577. The van der Waals surface area contributed by atoms with Crippen LogP contribution in [0.25, 0.3) is 0 Å². The number of hydrogen-bond acceptors (Lipinski definition) is 1. The Morgan fingerprint density at radius 1 is 1.86 bits per heavy atom. The van der Waals surface area contributed by atoms with E-state index in [1.807, 2.05) is 0 Å². The van der Waals surface area contributed by atoms with Crippen LogP contribution in [-0.2, 0) is 4.79 Å². The van der Waals surface area contributed by atoms with E-state index >= 15 is 0 Å². The van der Waals surface area contributed by atoms with Gasteiger partial charge >= 0.3 is 0 Å². The van der Waals surface area contributed by atoms with Crippen LogP contribution in [0.3, 0.4) is 0 Å². The van der Waals surface area contributed by atoms with Gasteiger partial charge in [-0.05, 0) is 6.92 Å². The normalized spacial score (nSPS) is 13.6. The summed E-state index contributed by atoms with van der Waals surface area (Å²) in [5.41, 5.74) is 0. The first kappa shape index (κ1) is 8.13. The molecule has 0 aromatic carbocycles. The van der Waals surface area contributed by atoms with E-state index in [4.69, 9.17) is 0 Å². The zero-order chi connectivity index (χ0) is 5.86. The van der Waals surface area contributed by atoms with Crippen molar-refractivity contribution in [2.75, 3.05) is 4.43 Å². The highest BCUT2D eigenvalue weighted by Crippen LogP contribution is 2.04. The van der Waals surface area contributed by atoms with Gasteiger partial charge < -0.3 is 0 Å². The van der Waals surface area contributed by atoms with Crippen LogP contribution in [0.1, 0.15) is 6.92 Å². The van der Waals surface area contributed by atoms with Gasteiger partial charge in [-0.2, -0.15) is 0 Å². The summed E-state index contributed by atoms with van der Waals surface area (Å²) in [6.45, 7) is 1.62. The maximum atomic E-state index is 10.4. The second kappa shape index (κ2) is 4.05. The van der Waals surface area contributed by atoms with Gasteiger partial charge in [-0.3, -0.25) is 4.79 Å². The van der Waals surface area contributed by atoms with E-state index in [2.05, 4.69) is 45.2 Å². The van der Waals surface area contributed by atoms with E-state index in [0.717, 1.165) is 4.43 Å². The lowest BCUT2D eigenvalue weighted by Crippen LogP contribution is -2.09. The summed E-state index contributed by atoms with van der Waals surface area (Å²) in [7, 11) is 0. The molecule has 0 bridgehead atoms. The fraction of sp³-hybridized carbons (Fsp3) is 0.750. The van der Waals surface area contributed by atoms with E-state index in [-0.39, 0.29) is 9.71 Å². The van der Waals surface area contributed by atoms with Crippen molar-refractivity contribution in [3.05, 3.63) is 0 Å². The van der Waals surface area contributed by atoms with Gasteiger partial charge in [0.05, 0.1) is 3.92 Å². The molecule has 42 valence electrons. The van der Waals surface area contributed by atoms with Crippen molar-refractivity contribution in [3.8, 4) is 0 Å². The van der Waals surface area contributed by atoms with Crippen molar-refractivity contribution in [2.45, 2.75) is 10.8 Å². The lowest BCUT2D eigenvalue weighted by Gasteiger charge is -1.94. The zero-order valence-corrected chi connectivity index (χ0v) is 8.26. The first-order chi connectivity index (χ1) is 3.18. The van der Waals surface area contributed by atoms with Gasteiger partial charge in [-0.25, -0.2) is 0 Å². The predicted octanol–water partition coefficient (Wildman–Crippen LogP) is 1.81. The third-order valence-corrected chi connectivity index (χ3v) is 4.46. The number of hydrogen-bond donors (Lipinski definition) is 0. The highest BCUT2D eigenvalue weighted by molar-refractivity contribution is 14.1. The number of halogens is 2. The SMILES string of the molecule is CC(=O)C(I)CI. The first-order valence-corrected chi connectivity index (χ1v) is 4.66. The second-order valence-electron chi connectivity index (χ2n) is 1.23. The Labute approximate surface area is 70.5 Å². The van der Waals surface area contributed by atoms with Crippen molar-refractivity contribution in [2.24, 2.45) is 0 Å². The lowest BCUT2D eigenvalue weighted by atomic mass is 10.4. The molecule has 0 aliphatic carbocycles. The van der Waals surface area contributed by atoms with Crippen LogP contribution in [0, 0.1) is 0 Å². The molecule has 1 atom stereocenters. The lowest BCUT2D eigenvalue weighted by molar-refractivity contribution is -0.115. The van der Waals surface area contributed by atoms with E-state index < -0.39 is 0 Å². The molecule has 0 saturated heterocycles. The van der Waals surface area contributed by atoms with Gasteiger partial charge in [-0.15, -0.1) is 0 Å². The van der Waals surface area contributed by atoms with E-state index in [9.17, 15) is 4.79 Å². The number of carbonyl (C=O) groups is 1. The molecule has 0 heterocycles. The van der Waals surface area contributed by atoms with Gasteiger partial charge in [0.1, 0.15) is 5.78 Å². The van der Waals surface area contributed by atoms with Crippen LogP contribution in [0.5, 0.6) is 0 Å². The molecular weight excluding hydrogens is 318 g/mol. The standard InChI is InChI=1S/C4H6I2O/c1-3(7)4(6)2-5/h4H,2H2,1H3. The molecule has 0 aliphatic rings. The van der Waals surface area contributed by atoms with Crippen LogP contribution in [0.2, 0.25) is 0 Å². The molecule has 0 N–H and O–H groups in total. The van der Waals surface area contributed by atoms with Crippen LogP contribution < -0.4 is 0 Å². The molecule has 1 unspecified atom stereocenters. The molecule has 0 aliphatic heterocycles.